The largest absolute Gasteiger partial charge is 0.377 e. The van der Waals surface area contributed by atoms with Crippen molar-refractivity contribution in [3.8, 4) is 0 Å². The van der Waals surface area contributed by atoms with Crippen molar-refractivity contribution in [2.24, 2.45) is 5.92 Å². The van der Waals surface area contributed by atoms with Gasteiger partial charge < -0.3 is 15.0 Å². The molecule has 0 aromatic rings. The number of hydrogen-bond donors (Lipinski definition) is 1. The molecule has 0 radical (unpaired) electrons. The van der Waals surface area contributed by atoms with E-state index < -0.39 is 0 Å². The Balaban J connectivity index is 2.00. The first-order chi connectivity index (χ1) is 7.74. The summed E-state index contributed by atoms with van der Waals surface area (Å²) >= 11 is 0. The molecule has 2 aliphatic rings. The lowest BCUT2D eigenvalue weighted by Gasteiger charge is -2.36. The van der Waals surface area contributed by atoms with Gasteiger partial charge >= 0.3 is 0 Å². The van der Waals surface area contributed by atoms with E-state index in [0.717, 1.165) is 39.1 Å². The molecule has 2 unspecified atom stereocenters. The molecule has 3 atom stereocenters. The third kappa shape index (κ3) is 2.23. The van der Waals surface area contributed by atoms with Gasteiger partial charge in [0.05, 0.1) is 12.0 Å². The zero-order valence-corrected chi connectivity index (χ0v) is 10.2. The summed E-state index contributed by atoms with van der Waals surface area (Å²) in [6, 6.07) is 0.319. The topological polar surface area (TPSA) is 41.6 Å². The lowest BCUT2D eigenvalue weighted by molar-refractivity contribution is -0.140. The van der Waals surface area contributed by atoms with Crippen LogP contribution in [0.5, 0.6) is 0 Å². The maximum Gasteiger partial charge on any atom is 0.228 e. The van der Waals surface area contributed by atoms with Crippen LogP contribution in [0.15, 0.2) is 0 Å². The van der Waals surface area contributed by atoms with E-state index in [9.17, 15) is 4.79 Å². The van der Waals surface area contributed by atoms with E-state index in [1.54, 1.807) is 0 Å². The van der Waals surface area contributed by atoms with Crippen molar-refractivity contribution in [3.63, 3.8) is 0 Å². The quantitative estimate of drug-likeness (QED) is 0.750. The molecular formula is C12H22N2O2. The van der Waals surface area contributed by atoms with Crippen LogP contribution >= 0.6 is 0 Å². The molecule has 4 nitrogen and oxygen atoms in total. The number of piperazine rings is 1. The van der Waals surface area contributed by atoms with Crippen LogP contribution in [0, 0.1) is 5.92 Å². The Morgan fingerprint density at radius 3 is 3.06 bits per heavy atom. The highest BCUT2D eigenvalue weighted by molar-refractivity contribution is 5.80. The number of carbonyl (C=O) groups excluding carboxylic acids is 1. The Morgan fingerprint density at radius 2 is 2.38 bits per heavy atom. The summed E-state index contributed by atoms with van der Waals surface area (Å²) in [7, 11) is 0. The standard InChI is InChI=1S/C12H22N2O2/c1-3-11-10(4-7-16-11)12(15)14-6-5-13-8-9(14)2/h9-11,13H,3-8H2,1-2H3/t9-,10?,11?/m0/s1. The number of nitrogens with zero attached hydrogens (tertiary/aromatic N) is 1. The molecular weight excluding hydrogens is 204 g/mol. The molecule has 92 valence electrons. The summed E-state index contributed by atoms with van der Waals surface area (Å²) in [5.41, 5.74) is 0. The summed E-state index contributed by atoms with van der Waals surface area (Å²) in [6.07, 6.45) is 1.99. The minimum absolute atomic E-state index is 0.102. The summed E-state index contributed by atoms with van der Waals surface area (Å²) in [5.74, 6) is 0.406. The van der Waals surface area contributed by atoms with E-state index in [4.69, 9.17) is 4.74 Å². The fourth-order valence-corrected chi connectivity index (χ4v) is 2.71. The van der Waals surface area contributed by atoms with Gasteiger partial charge in [-0.3, -0.25) is 4.79 Å². The van der Waals surface area contributed by atoms with Crippen LogP contribution in [0.1, 0.15) is 26.7 Å². The lowest BCUT2D eigenvalue weighted by atomic mass is 9.97. The maximum absolute atomic E-state index is 12.4. The zero-order valence-electron chi connectivity index (χ0n) is 10.2. The highest BCUT2D eigenvalue weighted by Crippen LogP contribution is 2.26. The SMILES string of the molecule is CCC1OCCC1C(=O)N1CCNC[C@@H]1C. The van der Waals surface area contributed by atoms with Crippen LogP contribution < -0.4 is 5.32 Å². The summed E-state index contributed by atoms with van der Waals surface area (Å²) in [6.45, 7) is 7.62. The Bertz CT molecular complexity index is 253. The van der Waals surface area contributed by atoms with Crippen molar-refractivity contribution in [3.05, 3.63) is 0 Å². The number of ether oxygens (including phenoxy) is 1. The minimum Gasteiger partial charge on any atom is -0.377 e. The van der Waals surface area contributed by atoms with Gasteiger partial charge in [0.25, 0.3) is 0 Å². The van der Waals surface area contributed by atoms with Crippen LogP contribution in [0.2, 0.25) is 0 Å². The predicted molar refractivity (Wildman–Crippen MR) is 62.2 cm³/mol. The first-order valence-corrected chi connectivity index (χ1v) is 6.36. The van der Waals surface area contributed by atoms with Gasteiger partial charge in [-0.25, -0.2) is 0 Å². The van der Waals surface area contributed by atoms with Gasteiger partial charge in [-0.2, -0.15) is 0 Å². The number of carbonyl (C=O) groups is 1. The second kappa shape index (κ2) is 5.15. The van der Waals surface area contributed by atoms with Gasteiger partial charge in [-0.05, 0) is 19.8 Å². The Labute approximate surface area is 97.3 Å². The Kier molecular flexibility index (Phi) is 3.82. The van der Waals surface area contributed by atoms with Crippen molar-refractivity contribution in [2.45, 2.75) is 38.8 Å². The molecule has 1 amide bonds. The third-order valence-corrected chi connectivity index (χ3v) is 3.71. The maximum atomic E-state index is 12.4. The molecule has 2 fully saturated rings. The fraction of sp³-hybridized carbons (Fsp3) is 0.917. The van der Waals surface area contributed by atoms with E-state index in [1.165, 1.54) is 0 Å². The molecule has 0 saturated carbocycles. The number of rotatable bonds is 2. The average molecular weight is 226 g/mol. The molecule has 0 aromatic carbocycles. The fourth-order valence-electron chi connectivity index (χ4n) is 2.71. The van der Waals surface area contributed by atoms with E-state index in [2.05, 4.69) is 19.2 Å². The highest BCUT2D eigenvalue weighted by atomic mass is 16.5. The first kappa shape index (κ1) is 11.9. The van der Waals surface area contributed by atoms with Gasteiger partial charge in [-0.1, -0.05) is 6.92 Å². The summed E-state index contributed by atoms with van der Waals surface area (Å²) in [4.78, 5) is 14.4. The number of amides is 1. The van der Waals surface area contributed by atoms with Crippen LogP contribution in [0.4, 0.5) is 0 Å². The molecule has 4 heteroatoms. The summed E-state index contributed by atoms with van der Waals surface area (Å²) in [5, 5.41) is 3.31. The Morgan fingerprint density at radius 1 is 1.56 bits per heavy atom. The van der Waals surface area contributed by atoms with Gasteiger partial charge in [0.15, 0.2) is 0 Å². The molecule has 0 aliphatic carbocycles. The van der Waals surface area contributed by atoms with Crippen molar-refractivity contribution in [1.29, 1.82) is 0 Å². The zero-order chi connectivity index (χ0) is 11.5. The second-order valence-corrected chi connectivity index (χ2v) is 4.80. The molecule has 2 rings (SSSR count). The molecule has 2 saturated heterocycles. The monoisotopic (exact) mass is 226 g/mol. The number of nitrogens with one attached hydrogen (secondary N) is 1. The van der Waals surface area contributed by atoms with Crippen LogP contribution in [0.3, 0.4) is 0 Å². The summed E-state index contributed by atoms with van der Waals surface area (Å²) < 4.78 is 5.60. The van der Waals surface area contributed by atoms with Gasteiger partial charge in [0.2, 0.25) is 5.91 Å². The minimum atomic E-state index is 0.102. The molecule has 1 N–H and O–H groups in total. The predicted octanol–water partition coefficient (Wildman–Crippen LogP) is 0.622. The van der Waals surface area contributed by atoms with Crippen LogP contribution in [0.25, 0.3) is 0 Å². The molecule has 2 aliphatic heterocycles. The molecule has 2 heterocycles. The molecule has 0 bridgehead atoms. The Hall–Kier alpha value is -0.610. The third-order valence-electron chi connectivity index (χ3n) is 3.71. The average Bonchev–Trinajstić information content (AvgIpc) is 2.77. The van der Waals surface area contributed by atoms with Crippen molar-refractivity contribution < 1.29 is 9.53 Å². The van der Waals surface area contributed by atoms with Crippen molar-refractivity contribution >= 4 is 5.91 Å². The van der Waals surface area contributed by atoms with E-state index in [-0.39, 0.29) is 12.0 Å². The van der Waals surface area contributed by atoms with Crippen LogP contribution in [-0.2, 0) is 9.53 Å². The normalized spacial score (nSPS) is 35.4. The first-order valence-electron chi connectivity index (χ1n) is 6.36. The van der Waals surface area contributed by atoms with Gasteiger partial charge in [0, 0.05) is 32.3 Å². The van der Waals surface area contributed by atoms with Crippen molar-refractivity contribution in [2.75, 3.05) is 26.2 Å². The lowest BCUT2D eigenvalue weighted by Crippen LogP contribution is -2.54. The smallest absolute Gasteiger partial charge is 0.228 e. The molecule has 0 aromatic heterocycles. The van der Waals surface area contributed by atoms with E-state index in [0.29, 0.717) is 11.9 Å². The van der Waals surface area contributed by atoms with Gasteiger partial charge in [0.1, 0.15) is 0 Å². The van der Waals surface area contributed by atoms with Crippen molar-refractivity contribution in [1.82, 2.24) is 10.2 Å². The van der Waals surface area contributed by atoms with E-state index >= 15 is 0 Å². The van der Waals surface area contributed by atoms with Crippen LogP contribution in [-0.4, -0.2) is 49.2 Å². The number of hydrogen-bond acceptors (Lipinski definition) is 3. The molecule has 16 heavy (non-hydrogen) atoms. The van der Waals surface area contributed by atoms with Gasteiger partial charge in [-0.15, -0.1) is 0 Å². The van der Waals surface area contributed by atoms with E-state index in [1.807, 2.05) is 4.90 Å². The highest BCUT2D eigenvalue weighted by Gasteiger charge is 2.37. The second-order valence-electron chi connectivity index (χ2n) is 4.80. The molecule has 0 spiro atoms.